The number of rotatable bonds is 3. The fourth-order valence-corrected chi connectivity index (χ4v) is 2.14. The molecule has 1 N–H and O–H groups in total. The number of nitrogens with zero attached hydrogens (tertiary/aromatic N) is 2. The smallest absolute Gasteiger partial charge is 0.271 e. The van der Waals surface area contributed by atoms with Gasteiger partial charge in [0.15, 0.2) is 0 Å². The van der Waals surface area contributed by atoms with E-state index in [-0.39, 0.29) is 17.1 Å². The summed E-state index contributed by atoms with van der Waals surface area (Å²) in [5, 5.41) is 0.762. The van der Waals surface area contributed by atoms with Gasteiger partial charge in [0.2, 0.25) is 0 Å². The fourth-order valence-electron chi connectivity index (χ4n) is 2.14. The van der Waals surface area contributed by atoms with Crippen LogP contribution in [-0.4, -0.2) is 21.8 Å². The molecule has 0 saturated carbocycles. The van der Waals surface area contributed by atoms with Crippen LogP contribution in [0.3, 0.4) is 0 Å². The summed E-state index contributed by atoms with van der Waals surface area (Å²) >= 11 is 0. The minimum Gasteiger partial charge on any atom is -0.271 e. The standard InChI is InChI=1S/C16H10F3N3O2/c17-16(18,19)11-4-1-3-10(9-11)12-5-2-6-13(20-12)21-22-14(23)7-8-15(22)24/h1-9H,(H,20,21). The maximum atomic E-state index is 12.8. The maximum Gasteiger partial charge on any atom is 0.416 e. The second-order valence-corrected chi connectivity index (χ2v) is 4.94. The van der Waals surface area contributed by atoms with Gasteiger partial charge in [-0.25, -0.2) is 4.98 Å². The third-order valence-electron chi connectivity index (χ3n) is 3.27. The third kappa shape index (κ3) is 3.12. The average molecular weight is 333 g/mol. The molecule has 3 rings (SSSR count). The van der Waals surface area contributed by atoms with E-state index < -0.39 is 23.6 Å². The first-order valence-electron chi connectivity index (χ1n) is 6.82. The summed E-state index contributed by atoms with van der Waals surface area (Å²) in [6.07, 6.45) is -2.25. The summed E-state index contributed by atoms with van der Waals surface area (Å²) in [5.41, 5.74) is 2.30. The van der Waals surface area contributed by atoms with Crippen LogP contribution in [0.5, 0.6) is 0 Å². The Labute approximate surface area is 134 Å². The average Bonchev–Trinajstić information content (AvgIpc) is 2.86. The van der Waals surface area contributed by atoms with Crippen LogP contribution < -0.4 is 5.43 Å². The van der Waals surface area contributed by atoms with Crippen molar-refractivity contribution in [1.29, 1.82) is 0 Å². The number of alkyl halides is 3. The molecule has 1 aliphatic heterocycles. The number of halogens is 3. The van der Waals surface area contributed by atoms with Gasteiger partial charge in [-0.05, 0) is 24.3 Å². The van der Waals surface area contributed by atoms with E-state index in [1.165, 1.54) is 24.3 Å². The lowest BCUT2D eigenvalue weighted by molar-refractivity contribution is -0.138. The first-order valence-corrected chi connectivity index (χ1v) is 6.82. The predicted molar refractivity (Wildman–Crippen MR) is 79.3 cm³/mol. The van der Waals surface area contributed by atoms with Crippen molar-refractivity contribution in [2.75, 3.05) is 5.43 Å². The summed E-state index contributed by atoms with van der Waals surface area (Å²) in [5.74, 6) is -0.937. The van der Waals surface area contributed by atoms with Gasteiger partial charge < -0.3 is 0 Å². The Kier molecular flexibility index (Phi) is 3.80. The number of pyridine rings is 1. The maximum absolute atomic E-state index is 12.8. The Morgan fingerprint density at radius 1 is 0.958 bits per heavy atom. The number of aromatic nitrogens is 1. The van der Waals surface area contributed by atoms with Crippen molar-refractivity contribution < 1.29 is 22.8 Å². The number of carbonyl (C=O) groups is 2. The number of imide groups is 1. The van der Waals surface area contributed by atoms with Crippen LogP contribution in [0.25, 0.3) is 11.3 Å². The number of nitrogens with one attached hydrogen (secondary N) is 1. The first-order chi connectivity index (χ1) is 11.3. The van der Waals surface area contributed by atoms with Gasteiger partial charge in [-0.1, -0.05) is 18.2 Å². The van der Waals surface area contributed by atoms with Crippen LogP contribution in [0.4, 0.5) is 19.0 Å². The highest BCUT2D eigenvalue weighted by Crippen LogP contribution is 2.31. The van der Waals surface area contributed by atoms with Gasteiger partial charge in [0.1, 0.15) is 5.82 Å². The zero-order chi connectivity index (χ0) is 17.3. The number of benzene rings is 1. The Hall–Kier alpha value is -3.16. The van der Waals surface area contributed by atoms with Crippen LogP contribution in [0, 0.1) is 0 Å². The highest BCUT2D eigenvalue weighted by atomic mass is 19.4. The molecule has 0 unspecified atom stereocenters. The monoisotopic (exact) mass is 333 g/mol. The molecule has 2 aromatic rings. The molecule has 1 aliphatic rings. The highest BCUT2D eigenvalue weighted by molar-refractivity contribution is 6.13. The summed E-state index contributed by atoms with van der Waals surface area (Å²) in [6, 6.07) is 9.33. The van der Waals surface area contributed by atoms with Gasteiger partial charge in [-0.15, -0.1) is 0 Å². The van der Waals surface area contributed by atoms with Gasteiger partial charge in [0.05, 0.1) is 11.3 Å². The largest absolute Gasteiger partial charge is 0.416 e. The number of hydrogen-bond donors (Lipinski definition) is 1. The van der Waals surface area contributed by atoms with Gasteiger partial charge in [0.25, 0.3) is 11.8 Å². The molecule has 5 nitrogen and oxygen atoms in total. The van der Waals surface area contributed by atoms with E-state index in [9.17, 15) is 22.8 Å². The Morgan fingerprint density at radius 2 is 1.62 bits per heavy atom. The summed E-state index contributed by atoms with van der Waals surface area (Å²) in [7, 11) is 0. The van der Waals surface area contributed by atoms with Crippen molar-refractivity contribution in [3.8, 4) is 11.3 Å². The topological polar surface area (TPSA) is 62.3 Å². The second kappa shape index (κ2) is 5.80. The molecule has 1 aromatic carbocycles. The van der Waals surface area contributed by atoms with E-state index in [4.69, 9.17) is 0 Å². The molecule has 122 valence electrons. The van der Waals surface area contributed by atoms with E-state index in [0.29, 0.717) is 0 Å². The molecule has 1 aromatic heterocycles. The molecule has 0 bridgehead atoms. The van der Waals surface area contributed by atoms with Crippen molar-refractivity contribution >= 4 is 17.6 Å². The predicted octanol–water partition coefficient (Wildman–Crippen LogP) is 3.02. The SMILES string of the molecule is O=C1C=CC(=O)N1Nc1cccc(-c2cccc(C(F)(F)F)c2)n1. The molecule has 0 spiro atoms. The Bertz CT molecular complexity index is 828. The molecular weight excluding hydrogens is 323 g/mol. The minimum absolute atomic E-state index is 0.162. The van der Waals surface area contributed by atoms with Crippen LogP contribution in [0.15, 0.2) is 54.6 Å². The molecule has 24 heavy (non-hydrogen) atoms. The lowest BCUT2D eigenvalue weighted by atomic mass is 10.1. The van der Waals surface area contributed by atoms with Crippen LogP contribution in [0.2, 0.25) is 0 Å². The lowest BCUT2D eigenvalue weighted by Gasteiger charge is -2.16. The van der Waals surface area contributed by atoms with Crippen molar-refractivity contribution in [3.63, 3.8) is 0 Å². The van der Waals surface area contributed by atoms with Crippen LogP contribution in [-0.2, 0) is 15.8 Å². The molecule has 8 heteroatoms. The van der Waals surface area contributed by atoms with E-state index in [1.807, 2.05) is 0 Å². The third-order valence-corrected chi connectivity index (χ3v) is 3.27. The lowest BCUT2D eigenvalue weighted by Crippen LogP contribution is -2.35. The molecule has 0 fully saturated rings. The van der Waals surface area contributed by atoms with Gasteiger partial charge in [0, 0.05) is 17.7 Å². The normalized spacial score (nSPS) is 14.4. The Morgan fingerprint density at radius 3 is 2.29 bits per heavy atom. The summed E-state index contributed by atoms with van der Waals surface area (Å²) in [4.78, 5) is 27.2. The van der Waals surface area contributed by atoms with Gasteiger partial charge in [-0.3, -0.25) is 15.0 Å². The number of anilines is 1. The minimum atomic E-state index is -4.45. The first kappa shape index (κ1) is 15.7. The fraction of sp³-hybridized carbons (Fsp3) is 0.0625. The molecule has 2 amide bonds. The van der Waals surface area contributed by atoms with Gasteiger partial charge in [-0.2, -0.15) is 18.2 Å². The van der Waals surface area contributed by atoms with E-state index in [2.05, 4.69) is 10.4 Å². The number of carbonyl (C=O) groups excluding carboxylic acids is 2. The quantitative estimate of drug-likeness (QED) is 0.877. The zero-order valence-corrected chi connectivity index (χ0v) is 12.0. The summed E-state index contributed by atoms with van der Waals surface area (Å²) in [6.45, 7) is 0. The van der Waals surface area contributed by atoms with Crippen molar-refractivity contribution in [2.45, 2.75) is 6.18 Å². The molecule has 0 radical (unpaired) electrons. The molecular formula is C16H10F3N3O2. The van der Waals surface area contributed by atoms with Gasteiger partial charge >= 0.3 is 6.18 Å². The highest BCUT2D eigenvalue weighted by Gasteiger charge is 2.30. The van der Waals surface area contributed by atoms with Crippen molar-refractivity contribution in [3.05, 3.63) is 60.2 Å². The molecule has 0 atom stereocenters. The molecule has 0 saturated heterocycles. The van der Waals surface area contributed by atoms with Crippen molar-refractivity contribution in [2.24, 2.45) is 0 Å². The number of hydrazine groups is 1. The molecule has 2 heterocycles. The Balaban J connectivity index is 1.89. The second-order valence-electron chi connectivity index (χ2n) is 4.94. The summed E-state index contributed by atoms with van der Waals surface area (Å²) < 4.78 is 38.4. The van der Waals surface area contributed by atoms with E-state index in [0.717, 1.165) is 29.3 Å². The number of hydrogen-bond acceptors (Lipinski definition) is 4. The van der Waals surface area contributed by atoms with E-state index in [1.54, 1.807) is 6.07 Å². The van der Waals surface area contributed by atoms with Crippen LogP contribution >= 0.6 is 0 Å². The molecule has 0 aliphatic carbocycles. The number of amides is 2. The van der Waals surface area contributed by atoms with Crippen LogP contribution in [0.1, 0.15) is 5.56 Å². The van der Waals surface area contributed by atoms with E-state index >= 15 is 0 Å². The zero-order valence-electron chi connectivity index (χ0n) is 12.0. The van der Waals surface area contributed by atoms with Crippen molar-refractivity contribution in [1.82, 2.24) is 9.99 Å².